The number of epoxide rings is 1. The van der Waals surface area contributed by atoms with E-state index in [4.69, 9.17) is 23.7 Å². The Morgan fingerprint density at radius 1 is 1.16 bits per heavy atom. The minimum atomic E-state index is -0.874. The highest BCUT2D eigenvalue weighted by Crippen LogP contribution is 2.50. The topological polar surface area (TPSA) is 118 Å². The second-order valence-electron chi connectivity index (χ2n) is 8.97. The summed E-state index contributed by atoms with van der Waals surface area (Å²) in [4.78, 5) is 48.3. The first kappa shape index (κ1) is 24.0. The van der Waals surface area contributed by atoms with Crippen LogP contribution in [0, 0.1) is 5.92 Å². The molecule has 9 heteroatoms. The fourth-order valence-corrected chi connectivity index (χ4v) is 4.36. The summed E-state index contributed by atoms with van der Waals surface area (Å²) >= 11 is 0. The van der Waals surface area contributed by atoms with E-state index in [2.05, 4.69) is 6.58 Å². The zero-order valence-corrected chi connectivity index (χ0v) is 19.1. The summed E-state index contributed by atoms with van der Waals surface area (Å²) in [5, 5.41) is 0. The molecule has 0 aromatic rings. The van der Waals surface area contributed by atoms with Gasteiger partial charge in [-0.05, 0) is 39.0 Å². The molecule has 176 valence electrons. The fourth-order valence-electron chi connectivity index (χ4n) is 4.36. The number of esters is 4. The first-order valence-corrected chi connectivity index (χ1v) is 10.7. The first-order chi connectivity index (χ1) is 14.9. The molecule has 0 bridgehead atoms. The van der Waals surface area contributed by atoms with Crippen molar-refractivity contribution in [3.05, 3.63) is 23.3 Å². The molecule has 1 saturated heterocycles. The highest BCUT2D eigenvalue weighted by molar-refractivity contribution is 5.94. The van der Waals surface area contributed by atoms with Crippen molar-refractivity contribution in [3.8, 4) is 0 Å². The molecule has 2 fully saturated rings. The van der Waals surface area contributed by atoms with Gasteiger partial charge in [0.1, 0.15) is 24.9 Å². The lowest BCUT2D eigenvalue weighted by Crippen LogP contribution is -2.38. The van der Waals surface area contributed by atoms with E-state index < -0.39 is 53.9 Å². The number of fused-ring (bicyclic) bond motifs is 3. The van der Waals surface area contributed by atoms with Crippen LogP contribution in [0.1, 0.15) is 53.9 Å². The van der Waals surface area contributed by atoms with E-state index in [0.29, 0.717) is 18.4 Å². The molecule has 2 heterocycles. The number of ether oxygens (including phenoxy) is 5. The SMILES string of the molecule is C=C(C)C(=O)O[C@H]1C[C@H](C)[C@@H](OC(C)=O)CC[C@@]2(C)O[C@@H]2[C@H]2OC(=O)C(COC(C)=O)=C12. The van der Waals surface area contributed by atoms with E-state index in [1.165, 1.54) is 20.8 Å². The predicted molar refractivity (Wildman–Crippen MR) is 110 cm³/mol. The highest BCUT2D eigenvalue weighted by atomic mass is 16.7. The molecule has 6 atom stereocenters. The van der Waals surface area contributed by atoms with Crippen LogP contribution in [0.5, 0.6) is 0 Å². The molecule has 0 unspecified atom stereocenters. The average molecular weight is 450 g/mol. The Morgan fingerprint density at radius 2 is 1.84 bits per heavy atom. The van der Waals surface area contributed by atoms with E-state index in [1.807, 2.05) is 13.8 Å². The van der Waals surface area contributed by atoms with Gasteiger partial charge in [0.15, 0.2) is 6.10 Å². The van der Waals surface area contributed by atoms with E-state index in [-0.39, 0.29) is 30.1 Å². The largest absolute Gasteiger partial charge is 0.462 e. The number of hydrogen-bond acceptors (Lipinski definition) is 9. The minimum Gasteiger partial charge on any atom is -0.462 e. The molecular weight excluding hydrogens is 420 g/mol. The van der Waals surface area contributed by atoms with Crippen molar-refractivity contribution < 1.29 is 42.9 Å². The summed E-state index contributed by atoms with van der Waals surface area (Å²) in [5.41, 5.74) is 0.169. The summed E-state index contributed by atoms with van der Waals surface area (Å²) in [6, 6.07) is 0. The van der Waals surface area contributed by atoms with Crippen molar-refractivity contribution in [2.75, 3.05) is 6.61 Å². The van der Waals surface area contributed by atoms with Crippen LogP contribution in [0.15, 0.2) is 23.3 Å². The van der Waals surface area contributed by atoms with Crippen LogP contribution in [0.3, 0.4) is 0 Å². The molecule has 3 aliphatic rings. The van der Waals surface area contributed by atoms with Crippen molar-refractivity contribution in [3.63, 3.8) is 0 Å². The van der Waals surface area contributed by atoms with Gasteiger partial charge in [0.25, 0.3) is 0 Å². The van der Waals surface area contributed by atoms with Gasteiger partial charge in [-0.25, -0.2) is 9.59 Å². The van der Waals surface area contributed by atoms with Gasteiger partial charge < -0.3 is 23.7 Å². The van der Waals surface area contributed by atoms with E-state index >= 15 is 0 Å². The highest BCUT2D eigenvalue weighted by Gasteiger charge is 2.62. The van der Waals surface area contributed by atoms with Gasteiger partial charge in [-0.3, -0.25) is 9.59 Å². The zero-order valence-electron chi connectivity index (χ0n) is 19.1. The van der Waals surface area contributed by atoms with Crippen LogP contribution in [-0.4, -0.2) is 60.5 Å². The van der Waals surface area contributed by atoms with E-state index in [1.54, 1.807) is 0 Å². The Labute approximate surface area is 187 Å². The third-order valence-electron chi connectivity index (χ3n) is 6.18. The maximum absolute atomic E-state index is 12.7. The molecule has 0 aromatic carbocycles. The third kappa shape index (κ3) is 5.03. The van der Waals surface area contributed by atoms with Crippen LogP contribution < -0.4 is 0 Å². The van der Waals surface area contributed by atoms with Crippen LogP contribution in [0.25, 0.3) is 0 Å². The Bertz CT molecular complexity index is 873. The molecule has 0 spiro atoms. The summed E-state index contributed by atoms with van der Waals surface area (Å²) in [6.07, 6.45) is -1.10. The molecule has 32 heavy (non-hydrogen) atoms. The Kier molecular flexibility index (Phi) is 6.78. The smallest absolute Gasteiger partial charge is 0.338 e. The lowest BCUT2D eigenvalue weighted by Gasteiger charge is -2.31. The molecule has 1 aliphatic carbocycles. The van der Waals surface area contributed by atoms with Gasteiger partial charge in [0.2, 0.25) is 0 Å². The molecule has 0 N–H and O–H groups in total. The summed E-state index contributed by atoms with van der Waals surface area (Å²) in [5.74, 6) is -2.43. The van der Waals surface area contributed by atoms with Crippen molar-refractivity contribution in [1.82, 2.24) is 0 Å². The molecule has 0 aromatic heterocycles. The van der Waals surface area contributed by atoms with Gasteiger partial charge in [0.05, 0.1) is 11.2 Å². The number of carbonyl (C=O) groups is 4. The monoisotopic (exact) mass is 450 g/mol. The normalized spacial score (nSPS) is 33.9. The van der Waals surface area contributed by atoms with Crippen molar-refractivity contribution in [2.45, 2.75) is 83.9 Å². The molecule has 0 amide bonds. The Hall–Kier alpha value is -2.68. The van der Waals surface area contributed by atoms with Gasteiger partial charge >= 0.3 is 23.9 Å². The summed E-state index contributed by atoms with van der Waals surface area (Å²) in [7, 11) is 0. The molecule has 1 saturated carbocycles. The van der Waals surface area contributed by atoms with Gasteiger partial charge in [-0.1, -0.05) is 13.5 Å². The lowest BCUT2D eigenvalue weighted by atomic mass is 9.82. The summed E-state index contributed by atoms with van der Waals surface area (Å²) < 4.78 is 28.0. The van der Waals surface area contributed by atoms with Crippen LogP contribution >= 0.6 is 0 Å². The second kappa shape index (κ2) is 9.05. The number of rotatable bonds is 5. The Balaban J connectivity index is 2.05. The number of carbonyl (C=O) groups excluding carboxylic acids is 4. The molecule has 0 radical (unpaired) electrons. The number of hydrogen-bond donors (Lipinski definition) is 0. The molecule has 3 rings (SSSR count). The van der Waals surface area contributed by atoms with Crippen molar-refractivity contribution in [1.29, 1.82) is 0 Å². The Morgan fingerprint density at radius 3 is 2.44 bits per heavy atom. The van der Waals surface area contributed by atoms with Crippen LogP contribution in [-0.2, 0) is 42.9 Å². The molecular formula is C23H30O9. The van der Waals surface area contributed by atoms with E-state index in [9.17, 15) is 19.2 Å². The third-order valence-corrected chi connectivity index (χ3v) is 6.18. The lowest BCUT2D eigenvalue weighted by molar-refractivity contribution is -0.152. The fraction of sp³-hybridized carbons (Fsp3) is 0.652. The quantitative estimate of drug-likeness (QED) is 0.269. The zero-order chi connectivity index (χ0) is 23.8. The standard InChI is InChI=1S/C23H30O9/c1-11(2)21(26)30-17-9-12(3)16(29-14(5)25)7-8-23(6)20(32-23)19-18(17)15(22(27)31-19)10-28-13(4)24/h12,16-17,19-20H,1,7-10H2,2-6H3/t12-,16-,17-,19-,20+,23+/m0/s1. The van der Waals surface area contributed by atoms with Crippen molar-refractivity contribution >= 4 is 23.9 Å². The second-order valence-corrected chi connectivity index (χ2v) is 8.97. The maximum atomic E-state index is 12.7. The maximum Gasteiger partial charge on any atom is 0.338 e. The van der Waals surface area contributed by atoms with Crippen molar-refractivity contribution in [2.24, 2.45) is 5.92 Å². The molecule has 9 nitrogen and oxygen atoms in total. The summed E-state index contributed by atoms with van der Waals surface area (Å²) in [6.45, 7) is 11.2. The van der Waals surface area contributed by atoms with Gasteiger partial charge in [0, 0.05) is 25.0 Å². The van der Waals surface area contributed by atoms with Gasteiger partial charge in [-0.2, -0.15) is 0 Å². The van der Waals surface area contributed by atoms with E-state index in [0.717, 1.165) is 0 Å². The predicted octanol–water partition coefficient (Wildman–Crippen LogP) is 2.17. The molecule has 2 aliphatic heterocycles. The first-order valence-electron chi connectivity index (χ1n) is 10.7. The van der Waals surface area contributed by atoms with Crippen LogP contribution in [0.4, 0.5) is 0 Å². The van der Waals surface area contributed by atoms with Crippen LogP contribution in [0.2, 0.25) is 0 Å². The average Bonchev–Trinajstić information content (AvgIpc) is 3.24. The van der Waals surface area contributed by atoms with Gasteiger partial charge in [-0.15, -0.1) is 0 Å². The minimum absolute atomic E-state index is 0.138.